The van der Waals surface area contributed by atoms with Crippen molar-refractivity contribution >= 4 is 5.97 Å². The van der Waals surface area contributed by atoms with Crippen molar-refractivity contribution in [2.24, 2.45) is 0 Å². The minimum absolute atomic E-state index is 0.310. The van der Waals surface area contributed by atoms with Crippen molar-refractivity contribution in [3.8, 4) is 5.75 Å². The molecule has 0 aliphatic rings. The van der Waals surface area contributed by atoms with Crippen molar-refractivity contribution < 1.29 is 19.0 Å². The summed E-state index contributed by atoms with van der Waals surface area (Å²) < 4.78 is 15.6. The van der Waals surface area contributed by atoms with Crippen LogP contribution < -0.4 is 4.74 Å². The van der Waals surface area contributed by atoms with E-state index in [1.807, 2.05) is 37.3 Å². The second kappa shape index (κ2) is 13.9. The number of carbonyl (C=O) groups is 1. The van der Waals surface area contributed by atoms with E-state index in [2.05, 4.69) is 12.2 Å². The Morgan fingerprint density at radius 2 is 1.88 bits per heavy atom. The molecule has 0 spiro atoms. The summed E-state index contributed by atoms with van der Waals surface area (Å²) in [5, 5.41) is 0. The Bertz CT molecular complexity index is 597. The number of hydrogen-bond donors (Lipinski definition) is 0. The Hall–Kier alpha value is -2.33. The number of benzene rings is 1. The number of carbonyl (C=O) groups excluding carboxylic acids is 1. The van der Waals surface area contributed by atoms with E-state index < -0.39 is 0 Å². The highest BCUT2D eigenvalue weighted by atomic mass is 16.5. The first-order chi connectivity index (χ1) is 12.7. The molecule has 0 fully saturated rings. The van der Waals surface area contributed by atoms with E-state index in [4.69, 9.17) is 14.2 Å². The van der Waals surface area contributed by atoms with Crippen molar-refractivity contribution in [1.82, 2.24) is 0 Å². The van der Waals surface area contributed by atoms with E-state index in [0.717, 1.165) is 42.8 Å². The highest BCUT2D eigenvalue weighted by Gasteiger charge is 1.95. The average Bonchev–Trinajstić information content (AvgIpc) is 2.64. The zero-order valence-corrected chi connectivity index (χ0v) is 16.1. The molecular weight excluding hydrogens is 328 g/mol. The lowest BCUT2D eigenvalue weighted by molar-refractivity contribution is -0.137. The topological polar surface area (TPSA) is 44.8 Å². The third kappa shape index (κ3) is 10.5. The third-order valence-corrected chi connectivity index (χ3v) is 3.60. The largest absolute Gasteiger partial charge is 0.497 e. The van der Waals surface area contributed by atoms with Gasteiger partial charge in [0.25, 0.3) is 0 Å². The number of esters is 1. The fourth-order valence-corrected chi connectivity index (χ4v) is 2.17. The van der Waals surface area contributed by atoms with Gasteiger partial charge < -0.3 is 14.2 Å². The predicted molar refractivity (Wildman–Crippen MR) is 105 cm³/mol. The van der Waals surface area contributed by atoms with E-state index in [1.165, 1.54) is 6.08 Å². The highest BCUT2D eigenvalue weighted by Crippen LogP contribution is 2.12. The summed E-state index contributed by atoms with van der Waals surface area (Å²) in [6, 6.07) is 7.93. The SMILES string of the molecule is CCOC(=O)/C=C/C=C(C)/C=C/CCCCOCc1ccc(OC)cc1. The van der Waals surface area contributed by atoms with Crippen LogP contribution in [0.25, 0.3) is 0 Å². The normalized spacial score (nSPS) is 12.0. The van der Waals surface area contributed by atoms with Crippen LogP contribution in [-0.2, 0) is 20.9 Å². The number of rotatable bonds is 12. The lowest BCUT2D eigenvalue weighted by atomic mass is 10.2. The van der Waals surface area contributed by atoms with Crippen LogP contribution in [0.3, 0.4) is 0 Å². The molecule has 0 saturated carbocycles. The molecule has 1 aromatic rings. The zero-order chi connectivity index (χ0) is 19.0. The summed E-state index contributed by atoms with van der Waals surface area (Å²) in [6.45, 7) is 5.59. The van der Waals surface area contributed by atoms with Gasteiger partial charge in [0.15, 0.2) is 0 Å². The molecule has 0 aliphatic carbocycles. The fraction of sp³-hybridized carbons (Fsp3) is 0.409. The lowest BCUT2D eigenvalue weighted by Crippen LogP contribution is -1.98. The van der Waals surface area contributed by atoms with Crippen LogP contribution in [0.1, 0.15) is 38.7 Å². The molecule has 142 valence electrons. The summed E-state index contributed by atoms with van der Waals surface area (Å²) in [4.78, 5) is 11.2. The van der Waals surface area contributed by atoms with E-state index in [9.17, 15) is 4.79 Å². The summed E-state index contributed by atoms with van der Waals surface area (Å²) in [5.41, 5.74) is 2.25. The van der Waals surface area contributed by atoms with Gasteiger partial charge >= 0.3 is 5.97 Å². The Labute approximate surface area is 157 Å². The number of unbranched alkanes of at least 4 members (excludes halogenated alkanes) is 2. The number of hydrogen-bond acceptors (Lipinski definition) is 4. The van der Waals surface area contributed by atoms with Crippen LogP contribution in [0.15, 0.2) is 60.2 Å². The Balaban J connectivity index is 2.10. The molecule has 0 atom stereocenters. The van der Waals surface area contributed by atoms with Crippen molar-refractivity contribution in [2.75, 3.05) is 20.3 Å². The molecule has 0 N–H and O–H groups in total. The third-order valence-electron chi connectivity index (χ3n) is 3.60. The zero-order valence-electron chi connectivity index (χ0n) is 16.1. The van der Waals surface area contributed by atoms with Gasteiger partial charge in [0, 0.05) is 12.7 Å². The van der Waals surface area contributed by atoms with Crippen LogP contribution >= 0.6 is 0 Å². The molecule has 1 rings (SSSR count). The van der Waals surface area contributed by atoms with Gasteiger partial charge in [-0.25, -0.2) is 4.79 Å². The van der Waals surface area contributed by atoms with Gasteiger partial charge in [-0.15, -0.1) is 0 Å². The molecule has 4 heteroatoms. The van der Waals surface area contributed by atoms with Crippen LogP contribution in [0.2, 0.25) is 0 Å². The van der Waals surface area contributed by atoms with Crippen LogP contribution in [0, 0.1) is 0 Å². The number of ether oxygens (including phenoxy) is 3. The Morgan fingerprint density at radius 3 is 2.58 bits per heavy atom. The van der Waals surface area contributed by atoms with Crippen molar-refractivity contribution in [1.29, 1.82) is 0 Å². The van der Waals surface area contributed by atoms with Gasteiger partial charge in [-0.1, -0.05) is 42.0 Å². The first kappa shape index (κ1) is 21.7. The van der Waals surface area contributed by atoms with E-state index >= 15 is 0 Å². The molecule has 0 aliphatic heterocycles. The molecule has 0 radical (unpaired) electrons. The van der Waals surface area contributed by atoms with Gasteiger partial charge in [-0.3, -0.25) is 0 Å². The molecule has 0 unspecified atom stereocenters. The van der Waals surface area contributed by atoms with Crippen molar-refractivity contribution in [3.63, 3.8) is 0 Å². The number of methoxy groups -OCH3 is 1. The minimum Gasteiger partial charge on any atom is -0.497 e. The highest BCUT2D eigenvalue weighted by molar-refractivity contribution is 5.82. The summed E-state index contributed by atoms with van der Waals surface area (Å²) in [6.07, 6.45) is 12.4. The van der Waals surface area contributed by atoms with Gasteiger partial charge in [-0.05, 0) is 50.8 Å². The van der Waals surface area contributed by atoms with Gasteiger partial charge in [0.05, 0.1) is 20.3 Å². The Morgan fingerprint density at radius 1 is 1.12 bits per heavy atom. The van der Waals surface area contributed by atoms with Gasteiger partial charge in [0.1, 0.15) is 5.75 Å². The molecule has 1 aromatic carbocycles. The molecule has 0 aromatic heterocycles. The first-order valence-corrected chi connectivity index (χ1v) is 9.04. The summed E-state index contributed by atoms with van der Waals surface area (Å²) >= 11 is 0. The molecule has 0 saturated heterocycles. The standard InChI is InChI=1S/C22H30O4/c1-4-26-22(23)12-9-11-19(2)10-7-5-6-8-17-25-18-20-13-15-21(24-3)16-14-20/h7,9-16H,4-6,8,17-18H2,1-3H3/b10-7+,12-9+,19-11+. The molecule has 26 heavy (non-hydrogen) atoms. The van der Waals surface area contributed by atoms with E-state index in [0.29, 0.717) is 13.2 Å². The van der Waals surface area contributed by atoms with Crippen LogP contribution in [0.4, 0.5) is 0 Å². The molecule has 0 amide bonds. The maximum Gasteiger partial charge on any atom is 0.330 e. The maximum absolute atomic E-state index is 11.2. The quantitative estimate of drug-likeness (QED) is 0.228. The average molecular weight is 358 g/mol. The van der Waals surface area contributed by atoms with E-state index in [1.54, 1.807) is 20.1 Å². The smallest absolute Gasteiger partial charge is 0.330 e. The van der Waals surface area contributed by atoms with Crippen LogP contribution in [0.5, 0.6) is 5.75 Å². The monoisotopic (exact) mass is 358 g/mol. The molecular formula is C22H30O4. The predicted octanol–water partition coefficient (Wildman–Crippen LogP) is 5.00. The van der Waals surface area contributed by atoms with Gasteiger partial charge in [0.2, 0.25) is 0 Å². The first-order valence-electron chi connectivity index (χ1n) is 9.04. The Kier molecular flexibility index (Phi) is 11.6. The molecule has 0 bridgehead atoms. The minimum atomic E-state index is -0.310. The second-order valence-corrected chi connectivity index (χ2v) is 5.82. The lowest BCUT2D eigenvalue weighted by Gasteiger charge is -2.05. The van der Waals surface area contributed by atoms with E-state index in [-0.39, 0.29) is 5.97 Å². The van der Waals surface area contributed by atoms with Crippen LogP contribution in [-0.4, -0.2) is 26.3 Å². The number of allylic oxidation sites excluding steroid dienone is 5. The molecule has 4 nitrogen and oxygen atoms in total. The second-order valence-electron chi connectivity index (χ2n) is 5.82. The maximum atomic E-state index is 11.2. The van der Waals surface area contributed by atoms with Crippen molar-refractivity contribution in [2.45, 2.75) is 39.7 Å². The van der Waals surface area contributed by atoms with Gasteiger partial charge in [-0.2, -0.15) is 0 Å². The summed E-state index contributed by atoms with van der Waals surface area (Å²) in [7, 11) is 1.66. The summed E-state index contributed by atoms with van der Waals surface area (Å²) in [5.74, 6) is 0.552. The fourth-order valence-electron chi connectivity index (χ4n) is 2.17. The molecule has 0 heterocycles. The van der Waals surface area contributed by atoms with Crippen molar-refractivity contribution in [3.05, 3.63) is 65.8 Å².